The maximum atomic E-state index is 15.5. The summed E-state index contributed by atoms with van der Waals surface area (Å²) < 4.78 is 11.0. The number of carboxylic acid groups (broad SMARTS) is 1. The number of imide groups is 2. The molecule has 1 saturated carbocycles. The van der Waals surface area contributed by atoms with Crippen LogP contribution in [0.2, 0.25) is 15.1 Å². The quantitative estimate of drug-likeness (QED) is 0.122. The van der Waals surface area contributed by atoms with Crippen LogP contribution in [0.3, 0.4) is 0 Å². The molecular formula is C41H32Cl3N3O9. The first-order chi connectivity index (χ1) is 26.8. The number of nitrogens with zero attached hydrogens (tertiary/aromatic N) is 2. The number of hydrazine groups is 1. The van der Waals surface area contributed by atoms with E-state index in [0.717, 1.165) is 9.91 Å². The maximum absolute atomic E-state index is 15.5. The highest BCUT2D eigenvalue weighted by Crippen LogP contribution is 2.65. The van der Waals surface area contributed by atoms with Gasteiger partial charge >= 0.3 is 5.97 Å². The standard InChI is InChI=1S/C41H32Cl3N3O9/c1-55-24-9-6-21(7-10-24)41-28(37(50)47(40(41)54)45-31-13-8-22(42)17-29(31)43)18-27-25(34(41)20-15-30(44)35(48)32(16-20)56-2)11-12-26-33(27)38(51)46(36(26)49)23-5-3-4-19(14-23)39(52)53/h3-11,13-17,26-28,33-34,45,48H,12,18H2,1-2H3,(H,52,53). The molecule has 4 aliphatic rings. The minimum absolute atomic E-state index is 0.0154. The largest absolute Gasteiger partial charge is 0.503 e. The molecule has 56 heavy (non-hydrogen) atoms. The van der Waals surface area contributed by atoms with Crippen molar-refractivity contribution in [3.63, 3.8) is 0 Å². The molecule has 3 fully saturated rings. The topological polar surface area (TPSA) is 163 Å². The fourth-order valence-electron chi connectivity index (χ4n) is 9.17. The number of anilines is 2. The third kappa shape index (κ3) is 5.53. The molecule has 2 aliphatic heterocycles. The van der Waals surface area contributed by atoms with Crippen molar-refractivity contribution in [3.05, 3.63) is 122 Å². The highest BCUT2D eigenvalue weighted by Gasteiger charge is 2.70. The molecule has 15 heteroatoms. The summed E-state index contributed by atoms with van der Waals surface area (Å²) in [6.07, 6.45) is 1.96. The number of aromatic hydroxyl groups is 1. The molecular weight excluding hydrogens is 785 g/mol. The summed E-state index contributed by atoms with van der Waals surface area (Å²) in [5, 5.41) is 21.8. The van der Waals surface area contributed by atoms with Gasteiger partial charge in [0.15, 0.2) is 11.5 Å². The molecule has 4 aromatic rings. The first-order valence-corrected chi connectivity index (χ1v) is 18.7. The van der Waals surface area contributed by atoms with E-state index in [4.69, 9.17) is 44.3 Å². The van der Waals surface area contributed by atoms with E-state index in [2.05, 4.69) is 5.43 Å². The number of carbonyl (C=O) groups excluding carboxylic acids is 4. The van der Waals surface area contributed by atoms with Crippen molar-refractivity contribution in [1.82, 2.24) is 5.01 Å². The summed E-state index contributed by atoms with van der Waals surface area (Å²) in [6.45, 7) is 0. The molecule has 0 spiro atoms. The number of ether oxygens (including phenoxy) is 2. The molecule has 6 atom stereocenters. The summed E-state index contributed by atoms with van der Waals surface area (Å²) in [5.74, 6) is -7.96. The van der Waals surface area contributed by atoms with E-state index in [1.807, 2.05) is 6.08 Å². The SMILES string of the molecule is COc1ccc(C23C(=O)N(Nc4ccc(Cl)cc4Cl)C(=O)C2CC2C(=CCC4C(=O)N(c5cccc(C(=O)O)c5)C(=O)C42)C3c2cc(Cl)c(O)c(OC)c2)cc1. The van der Waals surface area contributed by atoms with E-state index in [1.54, 1.807) is 42.5 Å². The number of carbonyl (C=O) groups is 5. The van der Waals surface area contributed by atoms with E-state index in [0.29, 0.717) is 27.5 Å². The summed E-state index contributed by atoms with van der Waals surface area (Å²) in [4.78, 5) is 72.0. The normalized spacial score (nSPS) is 25.4. The molecule has 2 saturated heterocycles. The Morgan fingerprint density at radius 3 is 2.29 bits per heavy atom. The number of fused-ring (bicyclic) bond motifs is 4. The summed E-state index contributed by atoms with van der Waals surface area (Å²) >= 11 is 19.3. The van der Waals surface area contributed by atoms with Crippen LogP contribution in [0.25, 0.3) is 0 Å². The first kappa shape index (κ1) is 37.4. The van der Waals surface area contributed by atoms with Crippen LogP contribution in [-0.4, -0.2) is 59.0 Å². The molecule has 286 valence electrons. The van der Waals surface area contributed by atoms with Crippen LogP contribution in [0, 0.1) is 23.7 Å². The smallest absolute Gasteiger partial charge is 0.335 e. The van der Waals surface area contributed by atoms with Gasteiger partial charge < -0.3 is 19.7 Å². The van der Waals surface area contributed by atoms with Crippen LogP contribution < -0.4 is 19.8 Å². The summed E-state index contributed by atoms with van der Waals surface area (Å²) in [6, 6.07) is 20.0. The third-order valence-corrected chi connectivity index (χ3v) is 12.4. The molecule has 6 unspecified atom stereocenters. The van der Waals surface area contributed by atoms with Crippen LogP contribution in [0.15, 0.2) is 90.5 Å². The highest BCUT2D eigenvalue weighted by atomic mass is 35.5. The van der Waals surface area contributed by atoms with Gasteiger partial charge in [0.25, 0.3) is 11.8 Å². The van der Waals surface area contributed by atoms with Gasteiger partial charge in [0.05, 0.1) is 64.4 Å². The number of nitrogens with one attached hydrogen (secondary N) is 1. The Balaban J connectivity index is 1.34. The van der Waals surface area contributed by atoms with Gasteiger partial charge in [-0.3, -0.25) is 29.5 Å². The lowest BCUT2D eigenvalue weighted by Crippen LogP contribution is -2.53. The fourth-order valence-corrected chi connectivity index (χ4v) is 9.84. The van der Waals surface area contributed by atoms with Gasteiger partial charge in [-0.05, 0) is 90.6 Å². The number of allylic oxidation sites excluding steroid dienone is 2. The number of benzene rings is 4. The Kier molecular flexibility index (Phi) is 9.26. The molecule has 3 N–H and O–H groups in total. The zero-order valence-corrected chi connectivity index (χ0v) is 31.9. The van der Waals surface area contributed by atoms with Crippen molar-refractivity contribution in [3.8, 4) is 17.2 Å². The van der Waals surface area contributed by atoms with Crippen molar-refractivity contribution < 1.29 is 43.7 Å². The molecule has 4 aromatic carbocycles. The monoisotopic (exact) mass is 815 g/mol. The maximum Gasteiger partial charge on any atom is 0.335 e. The summed E-state index contributed by atoms with van der Waals surface area (Å²) in [7, 11) is 2.86. The average molecular weight is 817 g/mol. The van der Waals surface area contributed by atoms with Crippen LogP contribution in [0.5, 0.6) is 17.2 Å². The van der Waals surface area contributed by atoms with Crippen molar-refractivity contribution in [1.29, 1.82) is 0 Å². The fraction of sp³-hybridized carbons (Fsp3) is 0.244. The van der Waals surface area contributed by atoms with Gasteiger partial charge in [-0.15, -0.1) is 0 Å². The van der Waals surface area contributed by atoms with E-state index in [1.165, 1.54) is 50.6 Å². The lowest BCUT2D eigenvalue weighted by Gasteiger charge is -2.50. The second-order valence-electron chi connectivity index (χ2n) is 14.1. The number of hydrogen-bond donors (Lipinski definition) is 3. The van der Waals surface area contributed by atoms with Gasteiger partial charge in [-0.2, -0.15) is 5.01 Å². The molecule has 0 aromatic heterocycles. The number of phenolic OH excluding ortho intramolecular Hbond substituents is 1. The zero-order valence-electron chi connectivity index (χ0n) is 29.7. The van der Waals surface area contributed by atoms with Crippen molar-refractivity contribution in [2.75, 3.05) is 24.5 Å². The number of amides is 4. The minimum Gasteiger partial charge on any atom is -0.503 e. The van der Waals surface area contributed by atoms with Crippen LogP contribution in [0.1, 0.15) is 40.2 Å². The third-order valence-electron chi connectivity index (χ3n) is 11.5. The Bertz CT molecular complexity index is 2400. The Labute approximate surface area is 335 Å². The van der Waals surface area contributed by atoms with E-state index < -0.39 is 64.6 Å². The number of carboxylic acids is 1. The minimum atomic E-state index is -1.68. The van der Waals surface area contributed by atoms with Crippen LogP contribution in [-0.2, 0) is 24.6 Å². The van der Waals surface area contributed by atoms with Gasteiger partial charge in [-0.25, -0.2) is 4.79 Å². The molecule has 8 rings (SSSR count). The zero-order chi connectivity index (χ0) is 39.8. The molecule has 2 aliphatic carbocycles. The number of rotatable bonds is 8. The van der Waals surface area contributed by atoms with E-state index in [9.17, 15) is 29.4 Å². The number of methoxy groups -OCH3 is 2. The van der Waals surface area contributed by atoms with Gasteiger partial charge in [-0.1, -0.05) is 64.7 Å². The van der Waals surface area contributed by atoms with Crippen molar-refractivity contribution >= 4 is 75.8 Å². The van der Waals surface area contributed by atoms with E-state index in [-0.39, 0.29) is 51.3 Å². The van der Waals surface area contributed by atoms with Crippen LogP contribution in [0.4, 0.5) is 11.4 Å². The lowest BCUT2D eigenvalue weighted by molar-refractivity contribution is -0.138. The molecule has 2 heterocycles. The second kappa shape index (κ2) is 13.9. The first-order valence-electron chi connectivity index (χ1n) is 17.5. The van der Waals surface area contributed by atoms with Crippen LogP contribution >= 0.6 is 34.8 Å². The van der Waals surface area contributed by atoms with Gasteiger partial charge in [0, 0.05) is 10.9 Å². The van der Waals surface area contributed by atoms with E-state index >= 15 is 4.79 Å². The Hall–Kier alpha value is -5.56. The van der Waals surface area contributed by atoms with Crippen molar-refractivity contribution in [2.24, 2.45) is 23.7 Å². The molecule has 0 radical (unpaired) electrons. The molecule has 4 amide bonds. The highest BCUT2D eigenvalue weighted by molar-refractivity contribution is 6.36. The Morgan fingerprint density at radius 1 is 0.857 bits per heavy atom. The predicted octanol–water partition coefficient (Wildman–Crippen LogP) is 7.26. The number of aromatic carboxylic acids is 1. The predicted molar refractivity (Wildman–Crippen MR) is 206 cm³/mol. The number of phenols is 1. The molecule has 12 nitrogen and oxygen atoms in total. The lowest BCUT2D eigenvalue weighted by atomic mass is 9.49. The van der Waals surface area contributed by atoms with Gasteiger partial charge in [0.1, 0.15) is 5.75 Å². The summed E-state index contributed by atoms with van der Waals surface area (Å²) in [5.41, 5.74) is 3.01. The molecule has 0 bridgehead atoms. The number of halogens is 3. The van der Waals surface area contributed by atoms with Gasteiger partial charge in [0.2, 0.25) is 11.8 Å². The Morgan fingerprint density at radius 2 is 1.61 bits per heavy atom. The average Bonchev–Trinajstić information content (AvgIpc) is 3.57. The second-order valence-corrected chi connectivity index (χ2v) is 15.4. The number of hydrogen-bond acceptors (Lipinski definition) is 9. The van der Waals surface area contributed by atoms with Crippen molar-refractivity contribution in [2.45, 2.75) is 24.2 Å².